The molecule has 1 aliphatic carbocycles. The van der Waals surface area contributed by atoms with Crippen LogP contribution >= 0.6 is 0 Å². The zero-order valence-corrected chi connectivity index (χ0v) is 20.4. The maximum atomic E-state index is 14.3. The van der Waals surface area contributed by atoms with Crippen LogP contribution in [0.1, 0.15) is 54.6 Å². The number of amides is 1. The molecule has 2 aromatic heterocycles. The number of hydrogen-bond donors (Lipinski definition) is 1. The van der Waals surface area contributed by atoms with E-state index in [1.807, 2.05) is 30.0 Å². The van der Waals surface area contributed by atoms with Gasteiger partial charge in [0.25, 0.3) is 0 Å². The molecule has 1 atom stereocenters. The van der Waals surface area contributed by atoms with Gasteiger partial charge in [-0.1, -0.05) is 17.3 Å². The fourth-order valence-electron chi connectivity index (χ4n) is 5.19. The van der Waals surface area contributed by atoms with Gasteiger partial charge in [-0.3, -0.25) is 9.78 Å². The predicted molar refractivity (Wildman–Crippen MR) is 135 cm³/mol. The number of pyridine rings is 1. The number of nitrogens with two attached hydrogens (primary N) is 1. The average molecular weight is 489 g/mol. The van der Waals surface area contributed by atoms with Crippen molar-refractivity contribution in [1.29, 1.82) is 0 Å². The maximum Gasteiger partial charge on any atom is 0.220 e. The van der Waals surface area contributed by atoms with E-state index in [2.05, 4.69) is 20.1 Å². The summed E-state index contributed by atoms with van der Waals surface area (Å²) in [6.45, 7) is 4.81. The number of halogens is 1. The van der Waals surface area contributed by atoms with Crippen LogP contribution in [0.3, 0.4) is 0 Å². The van der Waals surface area contributed by atoms with E-state index >= 15 is 0 Å². The van der Waals surface area contributed by atoms with Gasteiger partial charge in [0.05, 0.1) is 17.1 Å². The molecule has 3 aromatic rings. The number of benzene rings is 1. The summed E-state index contributed by atoms with van der Waals surface area (Å²) in [5, 5.41) is 4.61. The minimum absolute atomic E-state index is 0.0103. The van der Waals surface area contributed by atoms with Crippen LogP contribution < -0.4 is 5.73 Å². The molecule has 0 bridgehead atoms. The Morgan fingerprint density at radius 1 is 1.19 bits per heavy atom. The lowest BCUT2D eigenvalue weighted by Crippen LogP contribution is -2.39. The molecule has 3 heterocycles. The lowest BCUT2D eigenvalue weighted by atomic mass is 9.78. The topological polar surface area (TPSA) is 107 Å². The van der Waals surface area contributed by atoms with Crippen LogP contribution in [0.25, 0.3) is 11.1 Å². The smallest absolute Gasteiger partial charge is 0.220 e. The Bertz CT molecular complexity index is 1310. The van der Waals surface area contributed by atoms with E-state index in [4.69, 9.17) is 10.6 Å². The standard InChI is InChI=1S/C27H29FN6O2/c1-16-26-24(32-27(29)31-16)12-19(13-25(26)33-36-21-7-10-34(11-8-21)17(2)35)22-6-5-20(28)14-23(22)18-4-3-9-30-15-18/h3-6,9,14-15,19,21H,7-8,10-13H2,1-2H3,(H2,29,31,32)/b33-25+. The van der Waals surface area contributed by atoms with Gasteiger partial charge >= 0.3 is 0 Å². The number of piperidine rings is 1. The molecular formula is C27H29FN6O2. The van der Waals surface area contributed by atoms with E-state index in [0.29, 0.717) is 25.9 Å². The molecule has 2 N–H and O–H groups in total. The highest BCUT2D eigenvalue weighted by molar-refractivity contribution is 6.03. The summed E-state index contributed by atoms with van der Waals surface area (Å²) in [7, 11) is 0. The first-order valence-corrected chi connectivity index (χ1v) is 12.2. The lowest BCUT2D eigenvalue weighted by Gasteiger charge is -2.31. The number of nitrogen functional groups attached to an aromatic ring is 1. The largest absolute Gasteiger partial charge is 0.392 e. The molecule has 0 spiro atoms. The number of fused-ring (bicyclic) bond motifs is 1. The van der Waals surface area contributed by atoms with E-state index in [1.54, 1.807) is 25.4 Å². The molecule has 2 aliphatic rings. The van der Waals surface area contributed by atoms with Crippen molar-refractivity contribution < 1.29 is 14.0 Å². The molecule has 0 radical (unpaired) electrons. The number of rotatable bonds is 4. The van der Waals surface area contributed by atoms with Crippen molar-refractivity contribution >= 4 is 17.6 Å². The summed E-state index contributed by atoms with van der Waals surface area (Å²) in [6, 6.07) is 8.65. The molecule has 1 fully saturated rings. The number of carbonyl (C=O) groups excluding carboxylic acids is 1. The number of hydrogen-bond acceptors (Lipinski definition) is 7. The second kappa shape index (κ2) is 10.0. The SMILES string of the molecule is CC(=O)N1CCC(O/N=C2\CC(c3ccc(F)cc3-c3cccnc3)Cc3nc(N)nc(C)c32)CC1. The number of aromatic nitrogens is 3. The van der Waals surface area contributed by atoms with Crippen LogP contribution in [-0.4, -0.2) is 50.7 Å². The molecule has 36 heavy (non-hydrogen) atoms. The third-order valence-electron chi connectivity index (χ3n) is 6.98. The maximum absolute atomic E-state index is 14.3. The summed E-state index contributed by atoms with van der Waals surface area (Å²) in [5.41, 5.74) is 11.8. The van der Waals surface area contributed by atoms with Gasteiger partial charge in [0, 0.05) is 62.8 Å². The van der Waals surface area contributed by atoms with E-state index in [9.17, 15) is 9.18 Å². The molecule has 9 heteroatoms. The Morgan fingerprint density at radius 2 is 2.00 bits per heavy atom. The van der Waals surface area contributed by atoms with Gasteiger partial charge in [0.2, 0.25) is 11.9 Å². The van der Waals surface area contributed by atoms with Gasteiger partial charge in [-0.05, 0) is 48.6 Å². The fraction of sp³-hybridized carbons (Fsp3) is 0.370. The second-order valence-electron chi connectivity index (χ2n) is 9.42. The Balaban J connectivity index is 1.48. The molecule has 8 nitrogen and oxygen atoms in total. The Morgan fingerprint density at radius 3 is 2.72 bits per heavy atom. The first-order valence-electron chi connectivity index (χ1n) is 12.2. The molecule has 1 saturated heterocycles. The molecule has 1 aromatic carbocycles. The van der Waals surface area contributed by atoms with Gasteiger partial charge in [0.1, 0.15) is 11.9 Å². The van der Waals surface area contributed by atoms with Crippen LogP contribution in [0, 0.1) is 12.7 Å². The number of aryl methyl sites for hydroxylation is 1. The molecule has 0 saturated carbocycles. The average Bonchev–Trinajstić information content (AvgIpc) is 2.87. The van der Waals surface area contributed by atoms with E-state index in [1.165, 1.54) is 6.07 Å². The van der Waals surface area contributed by atoms with Gasteiger partial charge < -0.3 is 15.5 Å². The molecule has 1 amide bonds. The van der Waals surface area contributed by atoms with Crippen molar-refractivity contribution in [2.45, 2.75) is 51.6 Å². The van der Waals surface area contributed by atoms with Crippen LogP contribution in [0.4, 0.5) is 10.3 Å². The van der Waals surface area contributed by atoms with Crippen molar-refractivity contribution in [1.82, 2.24) is 19.9 Å². The number of nitrogens with zero attached hydrogens (tertiary/aromatic N) is 5. The highest BCUT2D eigenvalue weighted by Gasteiger charge is 2.31. The lowest BCUT2D eigenvalue weighted by molar-refractivity contribution is -0.131. The van der Waals surface area contributed by atoms with Crippen molar-refractivity contribution in [3.8, 4) is 11.1 Å². The molecule has 1 aliphatic heterocycles. The fourth-order valence-corrected chi connectivity index (χ4v) is 5.19. The minimum Gasteiger partial charge on any atom is -0.392 e. The summed E-state index contributed by atoms with van der Waals surface area (Å²) in [5.74, 6) is -0.0116. The van der Waals surface area contributed by atoms with Gasteiger partial charge in [0.15, 0.2) is 0 Å². The molecule has 5 rings (SSSR count). The van der Waals surface area contributed by atoms with Crippen LogP contribution in [-0.2, 0) is 16.1 Å². The van der Waals surface area contributed by atoms with E-state index in [0.717, 1.165) is 52.2 Å². The summed E-state index contributed by atoms with van der Waals surface area (Å²) < 4.78 is 14.3. The van der Waals surface area contributed by atoms with Gasteiger partial charge in [-0.25, -0.2) is 14.4 Å². The van der Waals surface area contributed by atoms with Crippen molar-refractivity contribution in [3.63, 3.8) is 0 Å². The third kappa shape index (κ3) is 4.91. The van der Waals surface area contributed by atoms with E-state index in [-0.39, 0.29) is 29.7 Å². The second-order valence-corrected chi connectivity index (χ2v) is 9.42. The van der Waals surface area contributed by atoms with Crippen molar-refractivity contribution in [2.75, 3.05) is 18.8 Å². The van der Waals surface area contributed by atoms with Crippen LogP contribution in [0.5, 0.6) is 0 Å². The quantitative estimate of drug-likeness (QED) is 0.556. The number of carbonyl (C=O) groups is 1. The number of likely N-dealkylation sites (tertiary alicyclic amines) is 1. The van der Waals surface area contributed by atoms with E-state index < -0.39 is 0 Å². The summed E-state index contributed by atoms with van der Waals surface area (Å²) >= 11 is 0. The zero-order valence-electron chi connectivity index (χ0n) is 20.4. The number of oxime groups is 1. The molecule has 1 unspecified atom stereocenters. The summed E-state index contributed by atoms with van der Waals surface area (Å²) in [4.78, 5) is 32.6. The Hall–Kier alpha value is -3.88. The highest BCUT2D eigenvalue weighted by atomic mass is 19.1. The summed E-state index contributed by atoms with van der Waals surface area (Å²) in [6.07, 6.45) is 6.04. The Labute approximate surface area is 209 Å². The molecular weight excluding hydrogens is 459 g/mol. The molecule has 186 valence electrons. The first-order chi connectivity index (χ1) is 17.4. The van der Waals surface area contributed by atoms with Gasteiger partial charge in [-0.15, -0.1) is 0 Å². The van der Waals surface area contributed by atoms with Crippen molar-refractivity contribution in [2.24, 2.45) is 5.16 Å². The predicted octanol–water partition coefficient (Wildman–Crippen LogP) is 4.03. The third-order valence-corrected chi connectivity index (χ3v) is 6.98. The van der Waals surface area contributed by atoms with Gasteiger partial charge in [-0.2, -0.15) is 0 Å². The van der Waals surface area contributed by atoms with Crippen molar-refractivity contribution in [3.05, 3.63) is 71.1 Å². The zero-order chi connectivity index (χ0) is 25.2. The Kier molecular flexibility index (Phi) is 6.63. The highest BCUT2D eigenvalue weighted by Crippen LogP contribution is 2.38. The monoisotopic (exact) mass is 488 g/mol. The first kappa shape index (κ1) is 23.8. The van der Waals surface area contributed by atoms with Crippen LogP contribution in [0.2, 0.25) is 0 Å². The normalized spacial score (nSPS) is 19.2. The number of anilines is 1. The minimum atomic E-state index is -0.301. The van der Waals surface area contributed by atoms with Crippen LogP contribution in [0.15, 0.2) is 47.9 Å².